The largest absolute Gasteiger partial charge is 0.487 e. The highest BCUT2D eigenvalue weighted by atomic mass is 35.5. The summed E-state index contributed by atoms with van der Waals surface area (Å²) in [5, 5.41) is 4.15. The number of rotatable bonds is 3. The van der Waals surface area contributed by atoms with E-state index >= 15 is 0 Å². The number of aryl methyl sites for hydroxylation is 1. The van der Waals surface area contributed by atoms with Crippen molar-refractivity contribution in [2.45, 2.75) is 38.8 Å². The van der Waals surface area contributed by atoms with Crippen LogP contribution in [0.1, 0.15) is 43.0 Å². The van der Waals surface area contributed by atoms with Crippen LogP contribution in [-0.2, 0) is 4.79 Å². The molecular weight excluding hydrogens is 369 g/mol. The van der Waals surface area contributed by atoms with E-state index in [0.29, 0.717) is 16.5 Å². The fourth-order valence-corrected chi connectivity index (χ4v) is 3.58. The van der Waals surface area contributed by atoms with Gasteiger partial charge in [-0.2, -0.15) is 0 Å². The minimum atomic E-state index is -0.345. The van der Waals surface area contributed by atoms with Crippen molar-refractivity contribution in [3.8, 4) is 5.75 Å². The average molecular weight is 390 g/mol. The van der Waals surface area contributed by atoms with Crippen molar-refractivity contribution in [1.29, 1.82) is 0 Å². The summed E-state index contributed by atoms with van der Waals surface area (Å²) < 4.78 is 6.07. The van der Waals surface area contributed by atoms with Crippen molar-refractivity contribution in [3.05, 3.63) is 69.2 Å². The maximum atomic E-state index is 12.4. The van der Waals surface area contributed by atoms with Crippen LogP contribution in [0.3, 0.4) is 0 Å². The van der Waals surface area contributed by atoms with Crippen molar-refractivity contribution >= 4 is 35.2 Å². The fraction of sp³-hybridized carbons (Fsp3) is 0.286. The third-order valence-electron chi connectivity index (χ3n) is 4.32. The molecular formula is C21H21Cl2NO2. The zero-order valence-electron chi connectivity index (χ0n) is 15.0. The predicted molar refractivity (Wildman–Crippen MR) is 107 cm³/mol. The molecule has 5 heteroatoms. The average Bonchev–Trinajstić information content (AvgIpc) is 2.52. The van der Waals surface area contributed by atoms with Crippen molar-refractivity contribution in [3.63, 3.8) is 0 Å². The molecule has 0 saturated carbocycles. The van der Waals surface area contributed by atoms with E-state index in [1.165, 1.54) is 6.08 Å². The van der Waals surface area contributed by atoms with Gasteiger partial charge in [-0.05, 0) is 56.2 Å². The van der Waals surface area contributed by atoms with Crippen LogP contribution in [0.2, 0.25) is 10.0 Å². The van der Waals surface area contributed by atoms with Gasteiger partial charge in [0.05, 0.1) is 6.04 Å². The summed E-state index contributed by atoms with van der Waals surface area (Å²) >= 11 is 12.0. The van der Waals surface area contributed by atoms with Crippen LogP contribution >= 0.6 is 23.2 Å². The fourth-order valence-electron chi connectivity index (χ4n) is 3.11. The Morgan fingerprint density at radius 2 is 2.00 bits per heavy atom. The number of carbonyl (C=O) groups is 1. The molecule has 0 fully saturated rings. The van der Waals surface area contributed by atoms with Gasteiger partial charge in [-0.3, -0.25) is 4.79 Å². The second-order valence-electron chi connectivity index (χ2n) is 7.17. The zero-order chi connectivity index (χ0) is 18.9. The first-order chi connectivity index (χ1) is 12.2. The molecule has 1 N–H and O–H groups in total. The van der Waals surface area contributed by atoms with E-state index in [1.807, 2.05) is 39.0 Å². The third kappa shape index (κ3) is 4.40. The Labute approximate surface area is 164 Å². The topological polar surface area (TPSA) is 38.3 Å². The van der Waals surface area contributed by atoms with E-state index in [4.69, 9.17) is 27.9 Å². The quantitative estimate of drug-likeness (QED) is 0.680. The molecule has 1 aliphatic rings. The summed E-state index contributed by atoms with van der Waals surface area (Å²) in [6.07, 6.45) is 3.88. The molecule has 1 amide bonds. The molecule has 0 aromatic heterocycles. The maximum absolute atomic E-state index is 12.4. The molecule has 136 valence electrons. The standard InChI is InChI=1S/C21H21Cl2NO2/c1-13-4-8-16-18(12-21(2,3)26-19(16)10-13)24-20(25)9-6-14-5-7-15(22)11-17(14)23/h4-11,18H,12H2,1-3H3,(H,24,25)/b9-6+/t18-/m0/s1. The van der Waals surface area contributed by atoms with Gasteiger partial charge in [0.1, 0.15) is 11.4 Å². The molecule has 0 bridgehead atoms. The van der Waals surface area contributed by atoms with E-state index in [0.717, 1.165) is 22.4 Å². The maximum Gasteiger partial charge on any atom is 0.244 e. The van der Waals surface area contributed by atoms with Gasteiger partial charge in [0.25, 0.3) is 0 Å². The molecule has 0 radical (unpaired) electrons. The summed E-state index contributed by atoms with van der Waals surface area (Å²) in [4.78, 5) is 12.4. The van der Waals surface area contributed by atoms with E-state index in [2.05, 4.69) is 5.32 Å². The number of nitrogens with one attached hydrogen (secondary N) is 1. The number of carbonyl (C=O) groups excluding carboxylic acids is 1. The Morgan fingerprint density at radius 1 is 1.23 bits per heavy atom. The number of amides is 1. The number of benzene rings is 2. The summed E-state index contributed by atoms with van der Waals surface area (Å²) in [5.41, 5.74) is 2.53. The molecule has 2 aromatic carbocycles. The molecule has 0 aliphatic carbocycles. The predicted octanol–water partition coefficient (Wildman–Crippen LogP) is 5.73. The highest BCUT2D eigenvalue weighted by Gasteiger charge is 2.34. The van der Waals surface area contributed by atoms with Crippen molar-refractivity contribution in [2.75, 3.05) is 0 Å². The van der Waals surface area contributed by atoms with Gasteiger partial charge in [-0.25, -0.2) is 0 Å². The van der Waals surface area contributed by atoms with Gasteiger partial charge < -0.3 is 10.1 Å². The normalized spacial score (nSPS) is 18.3. The Hall–Kier alpha value is -1.97. The van der Waals surface area contributed by atoms with Crippen LogP contribution in [0.4, 0.5) is 0 Å². The van der Waals surface area contributed by atoms with Gasteiger partial charge in [-0.15, -0.1) is 0 Å². The molecule has 1 atom stereocenters. The Kier molecular flexibility index (Phi) is 5.31. The lowest BCUT2D eigenvalue weighted by atomic mass is 9.89. The summed E-state index contributed by atoms with van der Waals surface area (Å²) in [5.74, 6) is 0.654. The van der Waals surface area contributed by atoms with Crippen LogP contribution in [-0.4, -0.2) is 11.5 Å². The summed E-state index contributed by atoms with van der Waals surface area (Å²) in [6, 6.07) is 11.1. The van der Waals surface area contributed by atoms with Crippen molar-refractivity contribution in [2.24, 2.45) is 0 Å². The molecule has 0 saturated heterocycles. The SMILES string of the molecule is Cc1ccc2c(c1)OC(C)(C)C[C@@H]2NC(=O)/C=C/c1ccc(Cl)cc1Cl. The number of ether oxygens (including phenoxy) is 1. The second-order valence-corrected chi connectivity index (χ2v) is 8.01. The van der Waals surface area contributed by atoms with E-state index in [-0.39, 0.29) is 17.6 Å². The number of hydrogen-bond donors (Lipinski definition) is 1. The number of fused-ring (bicyclic) bond motifs is 1. The lowest BCUT2D eigenvalue weighted by molar-refractivity contribution is -0.117. The first kappa shape index (κ1) is 18.8. The Balaban J connectivity index is 1.77. The van der Waals surface area contributed by atoms with Crippen LogP contribution in [0.5, 0.6) is 5.75 Å². The molecule has 2 aromatic rings. The first-order valence-electron chi connectivity index (χ1n) is 8.47. The minimum Gasteiger partial charge on any atom is -0.487 e. The highest BCUT2D eigenvalue weighted by molar-refractivity contribution is 6.35. The van der Waals surface area contributed by atoms with E-state index < -0.39 is 0 Å². The molecule has 3 nitrogen and oxygen atoms in total. The Bertz CT molecular complexity index is 874. The lowest BCUT2D eigenvalue weighted by Gasteiger charge is -2.38. The van der Waals surface area contributed by atoms with Crippen LogP contribution in [0.25, 0.3) is 6.08 Å². The molecule has 0 spiro atoms. The zero-order valence-corrected chi connectivity index (χ0v) is 16.5. The highest BCUT2D eigenvalue weighted by Crippen LogP contribution is 2.39. The molecule has 1 aliphatic heterocycles. The molecule has 3 rings (SSSR count). The first-order valence-corrected chi connectivity index (χ1v) is 9.22. The van der Waals surface area contributed by atoms with E-state index in [9.17, 15) is 4.79 Å². The van der Waals surface area contributed by atoms with Crippen molar-refractivity contribution < 1.29 is 9.53 Å². The molecule has 1 heterocycles. The minimum absolute atomic E-state index is 0.104. The van der Waals surface area contributed by atoms with Gasteiger partial charge in [-0.1, -0.05) is 41.4 Å². The van der Waals surface area contributed by atoms with Crippen LogP contribution < -0.4 is 10.1 Å². The molecule has 0 unspecified atom stereocenters. The molecule has 26 heavy (non-hydrogen) atoms. The summed E-state index contributed by atoms with van der Waals surface area (Å²) in [6.45, 7) is 6.08. The van der Waals surface area contributed by atoms with Crippen LogP contribution in [0, 0.1) is 6.92 Å². The van der Waals surface area contributed by atoms with Crippen LogP contribution in [0.15, 0.2) is 42.5 Å². The van der Waals surface area contributed by atoms with Gasteiger partial charge in [0.15, 0.2) is 0 Å². The summed E-state index contributed by atoms with van der Waals surface area (Å²) in [7, 11) is 0. The number of halogens is 2. The number of hydrogen-bond acceptors (Lipinski definition) is 2. The van der Waals surface area contributed by atoms with Gasteiger partial charge in [0, 0.05) is 28.1 Å². The third-order valence-corrected chi connectivity index (χ3v) is 4.88. The van der Waals surface area contributed by atoms with Gasteiger partial charge in [0.2, 0.25) is 5.91 Å². The lowest BCUT2D eigenvalue weighted by Crippen LogP contribution is -2.40. The smallest absolute Gasteiger partial charge is 0.244 e. The van der Waals surface area contributed by atoms with Crippen molar-refractivity contribution in [1.82, 2.24) is 5.32 Å². The monoisotopic (exact) mass is 389 g/mol. The van der Waals surface area contributed by atoms with E-state index in [1.54, 1.807) is 24.3 Å². The Morgan fingerprint density at radius 3 is 2.73 bits per heavy atom. The second kappa shape index (κ2) is 7.34. The van der Waals surface area contributed by atoms with Gasteiger partial charge >= 0.3 is 0 Å².